The van der Waals surface area contributed by atoms with Crippen LogP contribution in [0.3, 0.4) is 0 Å². The lowest BCUT2D eigenvalue weighted by molar-refractivity contribution is 0.268. The molecule has 1 aliphatic heterocycles. The van der Waals surface area contributed by atoms with Crippen LogP contribution in [0.25, 0.3) is 0 Å². The highest BCUT2D eigenvalue weighted by Gasteiger charge is 2.06. The summed E-state index contributed by atoms with van der Waals surface area (Å²) < 4.78 is 0. The second-order valence-corrected chi connectivity index (χ2v) is 4.40. The minimum Gasteiger partial charge on any atom is -0.399 e. The minimum atomic E-state index is 0.831. The number of piperazine rings is 1. The average Bonchev–Trinajstić information content (AvgIpc) is 2.35. The SMILES string of the molecule is Cc1cc(C#CCN2CCNCC2)ccc1N. The molecule has 0 spiro atoms. The highest BCUT2D eigenvalue weighted by molar-refractivity contribution is 5.51. The minimum absolute atomic E-state index is 0.831. The van der Waals surface area contributed by atoms with Gasteiger partial charge in [-0.15, -0.1) is 0 Å². The molecule has 1 aromatic carbocycles. The number of nitrogens with zero attached hydrogens (tertiary/aromatic N) is 1. The van der Waals surface area contributed by atoms with E-state index in [1.54, 1.807) is 0 Å². The molecule has 2 rings (SSSR count). The Hall–Kier alpha value is -1.50. The highest BCUT2D eigenvalue weighted by atomic mass is 15.2. The van der Waals surface area contributed by atoms with Crippen LogP contribution in [0.5, 0.6) is 0 Å². The van der Waals surface area contributed by atoms with Gasteiger partial charge in [-0.25, -0.2) is 0 Å². The smallest absolute Gasteiger partial charge is 0.0606 e. The van der Waals surface area contributed by atoms with Gasteiger partial charge >= 0.3 is 0 Å². The Balaban J connectivity index is 1.93. The van der Waals surface area contributed by atoms with Crippen molar-refractivity contribution in [2.45, 2.75) is 6.92 Å². The molecule has 0 amide bonds. The zero-order valence-corrected chi connectivity index (χ0v) is 10.3. The van der Waals surface area contributed by atoms with E-state index in [1.165, 1.54) is 0 Å². The summed E-state index contributed by atoms with van der Waals surface area (Å²) in [6.07, 6.45) is 0. The molecule has 1 aliphatic rings. The van der Waals surface area contributed by atoms with E-state index < -0.39 is 0 Å². The molecule has 0 unspecified atom stereocenters. The summed E-state index contributed by atoms with van der Waals surface area (Å²) in [5.41, 5.74) is 8.75. The van der Waals surface area contributed by atoms with Gasteiger partial charge in [0.2, 0.25) is 0 Å². The van der Waals surface area contributed by atoms with E-state index in [1.807, 2.05) is 25.1 Å². The maximum atomic E-state index is 5.77. The van der Waals surface area contributed by atoms with Gasteiger partial charge in [0, 0.05) is 37.4 Å². The van der Waals surface area contributed by atoms with E-state index >= 15 is 0 Å². The fraction of sp³-hybridized carbons (Fsp3) is 0.429. The van der Waals surface area contributed by atoms with E-state index in [-0.39, 0.29) is 0 Å². The summed E-state index contributed by atoms with van der Waals surface area (Å²) in [4.78, 5) is 2.37. The van der Waals surface area contributed by atoms with Crippen LogP contribution in [-0.2, 0) is 0 Å². The molecule has 0 aromatic heterocycles. The Morgan fingerprint density at radius 2 is 2.12 bits per heavy atom. The molecular weight excluding hydrogens is 210 g/mol. The number of benzene rings is 1. The lowest BCUT2D eigenvalue weighted by Crippen LogP contribution is -2.43. The molecule has 0 radical (unpaired) electrons. The van der Waals surface area contributed by atoms with Gasteiger partial charge < -0.3 is 11.1 Å². The molecule has 0 saturated carbocycles. The number of anilines is 1. The van der Waals surface area contributed by atoms with E-state index in [2.05, 4.69) is 22.1 Å². The van der Waals surface area contributed by atoms with Crippen molar-refractivity contribution in [2.24, 2.45) is 0 Å². The third kappa shape index (κ3) is 3.48. The third-order valence-electron chi connectivity index (χ3n) is 3.01. The van der Waals surface area contributed by atoms with Crippen LogP contribution in [0.2, 0.25) is 0 Å². The number of hydrogen-bond donors (Lipinski definition) is 2. The summed E-state index contributed by atoms with van der Waals surface area (Å²) in [7, 11) is 0. The standard InChI is InChI=1S/C14H19N3/c1-12-11-13(4-5-14(12)15)3-2-8-17-9-6-16-7-10-17/h4-5,11,16H,6-10,15H2,1H3. The third-order valence-corrected chi connectivity index (χ3v) is 3.01. The molecule has 90 valence electrons. The van der Waals surface area contributed by atoms with Crippen LogP contribution < -0.4 is 11.1 Å². The maximum absolute atomic E-state index is 5.77. The fourth-order valence-corrected chi connectivity index (χ4v) is 1.88. The molecule has 17 heavy (non-hydrogen) atoms. The molecular formula is C14H19N3. The van der Waals surface area contributed by atoms with Gasteiger partial charge in [0.1, 0.15) is 0 Å². The number of aryl methyl sites for hydroxylation is 1. The number of nitrogens with two attached hydrogens (primary N) is 1. The van der Waals surface area contributed by atoms with Crippen LogP contribution in [0.1, 0.15) is 11.1 Å². The number of hydrogen-bond acceptors (Lipinski definition) is 3. The molecule has 3 N–H and O–H groups in total. The molecule has 3 heteroatoms. The van der Waals surface area contributed by atoms with Crippen molar-refractivity contribution in [1.82, 2.24) is 10.2 Å². The van der Waals surface area contributed by atoms with Crippen molar-refractivity contribution in [3.05, 3.63) is 29.3 Å². The van der Waals surface area contributed by atoms with E-state index in [0.29, 0.717) is 0 Å². The first-order chi connectivity index (χ1) is 8.25. The Labute approximate surface area is 103 Å². The Morgan fingerprint density at radius 3 is 2.82 bits per heavy atom. The predicted molar refractivity (Wildman–Crippen MR) is 71.8 cm³/mol. The van der Waals surface area contributed by atoms with Gasteiger partial charge in [0.15, 0.2) is 0 Å². The summed E-state index contributed by atoms with van der Waals surface area (Å²) in [6, 6.07) is 5.94. The first-order valence-corrected chi connectivity index (χ1v) is 6.04. The van der Waals surface area contributed by atoms with Crippen molar-refractivity contribution in [2.75, 3.05) is 38.5 Å². The van der Waals surface area contributed by atoms with Gasteiger partial charge in [0.05, 0.1) is 6.54 Å². The molecule has 3 nitrogen and oxygen atoms in total. The van der Waals surface area contributed by atoms with Crippen LogP contribution in [0.4, 0.5) is 5.69 Å². The molecule has 1 aromatic rings. The summed E-state index contributed by atoms with van der Waals surface area (Å²) in [6.45, 7) is 7.19. The predicted octanol–water partition coefficient (Wildman–Crippen LogP) is 0.834. The number of rotatable bonds is 1. The maximum Gasteiger partial charge on any atom is 0.0606 e. The van der Waals surface area contributed by atoms with Crippen molar-refractivity contribution < 1.29 is 0 Å². The van der Waals surface area contributed by atoms with E-state index in [9.17, 15) is 0 Å². The van der Waals surface area contributed by atoms with Crippen LogP contribution in [-0.4, -0.2) is 37.6 Å². The Bertz CT molecular complexity index is 437. The van der Waals surface area contributed by atoms with E-state index in [4.69, 9.17) is 5.73 Å². The second kappa shape index (κ2) is 5.72. The lowest BCUT2D eigenvalue weighted by Gasteiger charge is -2.24. The van der Waals surface area contributed by atoms with Gasteiger partial charge in [-0.1, -0.05) is 11.8 Å². The van der Waals surface area contributed by atoms with Gasteiger partial charge in [-0.05, 0) is 30.7 Å². The first kappa shape index (κ1) is 12.0. The first-order valence-electron chi connectivity index (χ1n) is 6.04. The van der Waals surface area contributed by atoms with Crippen molar-refractivity contribution in [1.29, 1.82) is 0 Å². The summed E-state index contributed by atoms with van der Waals surface area (Å²) in [5.74, 6) is 6.42. The van der Waals surface area contributed by atoms with Crippen molar-refractivity contribution in [3.8, 4) is 11.8 Å². The summed E-state index contributed by atoms with van der Waals surface area (Å²) >= 11 is 0. The zero-order chi connectivity index (χ0) is 12.1. The lowest BCUT2D eigenvalue weighted by atomic mass is 10.1. The van der Waals surface area contributed by atoms with Gasteiger partial charge in [0.25, 0.3) is 0 Å². The summed E-state index contributed by atoms with van der Waals surface area (Å²) in [5, 5.41) is 3.33. The Kier molecular flexibility index (Phi) is 4.03. The normalized spacial score (nSPS) is 16.3. The fourth-order valence-electron chi connectivity index (χ4n) is 1.88. The second-order valence-electron chi connectivity index (χ2n) is 4.40. The largest absolute Gasteiger partial charge is 0.399 e. The van der Waals surface area contributed by atoms with Crippen molar-refractivity contribution >= 4 is 5.69 Å². The molecule has 1 fully saturated rings. The molecule has 0 bridgehead atoms. The molecule has 0 atom stereocenters. The average molecular weight is 229 g/mol. The van der Waals surface area contributed by atoms with Crippen LogP contribution >= 0.6 is 0 Å². The van der Waals surface area contributed by atoms with Gasteiger partial charge in [-0.3, -0.25) is 4.90 Å². The van der Waals surface area contributed by atoms with E-state index in [0.717, 1.165) is 49.5 Å². The highest BCUT2D eigenvalue weighted by Crippen LogP contribution is 2.11. The van der Waals surface area contributed by atoms with Gasteiger partial charge in [-0.2, -0.15) is 0 Å². The molecule has 1 heterocycles. The van der Waals surface area contributed by atoms with Crippen LogP contribution in [0, 0.1) is 18.8 Å². The quantitative estimate of drug-likeness (QED) is 0.554. The zero-order valence-electron chi connectivity index (χ0n) is 10.3. The number of nitrogen functional groups attached to an aromatic ring is 1. The molecule has 0 aliphatic carbocycles. The van der Waals surface area contributed by atoms with Crippen molar-refractivity contribution in [3.63, 3.8) is 0 Å². The molecule has 1 saturated heterocycles. The van der Waals surface area contributed by atoms with Crippen LogP contribution in [0.15, 0.2) is 18.2 Å². The topological polar surface area (TPSA) is 41.3 Å². The number of nitrogens with one attached hydrogen (secondary N) is 1. The Morgan fingerprint density at radius 1 is 1.35 bits per heavy atom. The monoisotopic (exact) mass is 229 g/mol.